The summed E-state index contributed by atoms with van der Waals surface area (Å²) < 4.78 is 51.6. The molecule has 0 saturated carbocycles. The van der Waals surface area contributed by atoms with E-state index in [9.17, 15) is 27.6 Å². The van der Waals surface area contributed by atoms with Crippen LogP contribution < -0.4 is 25.3 Å². The van der Waals surface area contributed by atoms with E-state index in [0.29, 0.717) is 64.1 Å². The first-order valence-corrected chi connectivity index (χ1v) is 16.2. The Balaban J connectivity index is 0.00000468. The molecule has 48 heavy (non-hydrogen) atoms. The van der Waals surface area contributed by atoms with Crippen LogP contribution in [0.5, 0.6) is 5.75 Å². The molecular weight excluding hydrogens is 651 g/mol. The molecule has 256 valence electrons. The molecule has 2 aliphatic rings. The zero-order valence-electron chi connectivity index (χ0n) is 27.0. The molecule has 4 heterocycles. The first kappa shape index (κ1) is 33.1. The largest absolute Gasteiger partial charge is 0.496 e. The molecule has 1 aliphatic carbocycles. The molecule has 16 heteroatoms. The quantitative estimate of drug-likeness (QED) is 0.249. The Labute approximate surface area is 278 Å². The number of anilines is 2. The van der Waals surface area contributed by atoms with Gasteiger partial charge in [0.2, 0.25) is 11.3 Å². The number of amides is 2. The molecule has 1 unspecified atom stereocenters. The van der Waals surface area contributed by atoms with E-state index < -0.39 is 24.1 Å². The Morgan fingerprint density at radius 3 is 2.65 bits per heavy atom. The summed E-state index contributed by atoms with van der Waals surface area (Å²) in [5, 5.41) is 3.10. The Morgan fingerprint density at radius 1 is 1.25 bits per heavy atom. The first-order chi connectivity index (χ1) is 22.9. The molecule has 12 nitrogen and oxygen atoms in total. The molecule has 1 aliphatic heterocycles. The van der Waals surface area contributed by atoms with E-state index in [1.54, 1.807) is 40.6 Å². The number of oxazole rings is 1. The molecule has 1 saturated heterocycles. The Hall–Kier alpha value is -4.82. The van der Waals surface area contributed by atoms with Gasteiger partial charge in [-0.25, -0.2) is 9.97 Å². The molecular formula is C32H36F3N7O5S. The number of hydrogen-bond donors (Lipinski definition) is 1. The van der Waals surface area contributed by atoms with Crippen LogP contribution in [0.25, 0.3) is 21.4 Å². The second-order valence-corrected chi connectivity index (χ2v) is 12.7. The number of halogens is 3. The minimum Gasteiger partial charge on any atom is -0.496 e. The third kappa shape index (κ3) is 5.79. The fourth-order valence-corrected chi connectivity index (χ4v) is 7.21. The van der Waals surface area contributed by atoms with E-state index in [4.69, 9.17) is 9.15 Å². The second kappa shape index (κ2) is 12.7. The molecule has 1 aromatic carbocycles. The van der Waals surface area contributed by atoms with Crippen molar-refractivity contribution in [1.29, 1.82) is 0 Å². The molecule has 4 aromatic rings. The van der Waals surface area contributed by atoms with E-state index >= 15 is 0 Å². The van der Waals surface area contributed by atoms with Crippen molar-refractivity contribution in [1.82, 2.24) is 24.8 Å². The van der Waals surface area contributed by atoms with Crippen molar-refractivity contribution in [2.24, 2.45) is 0 Å². The number of thiazole rings is 1. The average molecular weight is 688 g/mol. The van der Waals surface area contributed by atoms with Gasteiger partial charge in [-0.2, -0.15) is 13.2 Å². The number of carbonyl (C=O) groups is 2. The summed E-state index contributed by atoms with van der Waals surface area (Å²) in [6, 6.07) is 3.13. The molecule has 1 fully saturated rings. The third-order valence-electron chi connectivity index (χ3n) is 8.60. The highest BCUT2D eigenvalue weighted by atomic mass is 32.1. The lowest BCUT2D eigenvalue weighted by atomic mass is 10.0. The molecule has 1 N–H and O–H groups in total. The summed E-state index contributed by atoms with van der Waals surface area (Å²) >= 11 is 1.25. The average Bonchev–Trinajstić information content (AvgIpc) is 3.70. The predicted molar refractivity (Wildman–Crippen MR) is 177 cm³/mol. The fourth-order valence-electron chi connectivity index (χ4n) is 6.20. The maximum atomic E-state index is 14.3. The van der Waals surface area contributed by atoms with Gasteiger partial charge in [-0.15, -0.1) is 0 Å². The molecule has 0 radical (unpaired) electrons. The summed E-state index contributed by atoms with van der Waals surface area (Å²) in [7, 11) is 5.08. The number of benzene rings is 1. The van der Waals surface area contributed by atoms with E-state index in [2.05, 4.69) is 21.0 Å². The van der Waals surface area contributed by atoms with Crippen molar-refractivity contribution in [3.8, 4) is 5.75 Å². The lowest BCUT2D eigenvalue weighted by Gasteiger charge is -2.43. The van der Waals surface area contributed by atoms with Crippen LogP contribution in [0.2, 0.25) is 0 Å². The maximum Gasteiger partial charge on any atom is 0.420 e. The topological polar surface area (TPSA) is 126 Å². The van der Waals surface area contributed by atoms with Gasteiger partial charge < -0.3 is 33.7 Å². The van der Waals surface area contributed by atoms with Crippen molar-refractivity contribution in [3.05, 3.63) is 57.0 Å². The first-order valence-electron chi connectivity index (χ1n) is 15.4. The number of nitrogens with zero attached hydrogens (tertiary/aromatic N) is 6. The zero-order chi connectivity index (χ0) is 34.5. The predicted octanol–water partition coefficient (Wildman–Crippen LogP) is 4.71. The molecule has 0 spiro atoms. The van der Waals surface area contributed by atoms with Crippen LogP contribution in [0.1, 0.15) is 44.2 Å². The van der Waals surface area contributed by atoms with Gasteiger partial charge in [0.1, 0.15) is 39.4 Å². The van der Waals surface area contributed by atoms with Crippen molar-refractivity contribution >= 4 is 55.4 Å². The zero-order valence-corrected chi connectivity index (χ0v) is 27.8. The van der Waals surface area contributed by atoms with Crippen LogP contribution >= 0.6 is 11.3 Å². The van der Waals surface area contributed by atoms with E-state index in [-0.39, 0.29) is 48.7 Å². The van der Waals surface area contributed by atoms with Crippen LogP contribution in [0.4, 0.5) is 24.0 Å². The second-order valence-electron chi connectivity index (χ2n) is 11.8. The smallest absolute Gasteiger partial charge is 0.420 e. The highest BCUT2D eigenvalue weighted by Crippen LogP contribution is 2.36. The van der Waals surface area contributed by atoms with Gasteiger partial charge >= 0.3 is 6.18 Å². The Bertz CT molecular complexity index is 2070. The van der Waals surface area contributed by atoms with Crippen LogP contribution in [0, 0.1) is 0 Å². The summed E-state index contributed by atoms with van der Waals surface area (Å²) in [5.74, 6) is -0.458. The number of aromatic nitrogens is 3. The van der Waals surface area contributed by atoms with Crippen molar-refractivity contribution < 1.29 is 33.3 Å². The summed E-state index contributed by atoms with van der Waals surface area (Å²) in [4.78, 5) is 56.2. The monoisotopic (exact) mass is 687 g/mol. The van der Waals surface area contributed by atoms with Gasteiger partial charge in [0.15, 0.2) is 17.1 Å². The van der Waals surface area contributed by atoms with Gasteiger partial charge in [-0.1, -0.05) is 30.9 Å². The molecule has 3 aromatic heterocycles. The van der Waals surface area contributed by atoms with Gasteiger partial charge in [0.05, 0.1) is 18.4 Å². The van der Waals surface area contributed by atoms with Crippen molar-refractivity contribution in [3.63, 3.8) is 0 Å². The standard InChI is InChI=1S/C32H34F3N7O5S.H2/c1-6-19-14-40(29(45)24-22(46-5)9-8-20-28(24)47-16-36-20)10-11-41(19)26-21(7-2)42(30-25(27(26)44)38-31(48-30)39(3)4)15-23(43)37-18-12-17(13-18)32(33,34)35;/h8-9,16,19H,6-7,10-12,14-15H2,1-5H3,(H,37,43);1H. The number of rotatable bonds is 9. The molecule has 1 atom stereocenters. The molecule has 0 bridgehead atoms. The summed E-state index contributed by atoms with van der Waals surface area (Å²) in [6.45, 7) is 4.51. The highest BCUT2D eigenvalue weighted by molar-refractivity contribution is 7.21. The number of alkyl halides is 3. The maximum absolute atomic E-state index is 14.3. The number of nitrogens with one attached hydrogen (secondary N) is 1. The number of hydrogen-bond acceptors (Lipinski definition) is 10. The molecule has 2 amide bonds. The number of methoxy groups -OCH3 is 1. The fraction of sp³-hybridized carbons (Fsp3) is 0.438. The van der Waals surface area contributed by atoms with Crippen molar-refractivity contribution in [2.75, 3.05) is 50.6 Å². The highest BCUT2D eigenvalue weighted by Gasteiger charge is 2.38. The molecule has 6 rings (SSSR count). The van der Waals surface area contributed by atoms with Gasteiger partial charge in [0, 0.05) is 53.3 Å². The SMILES string of the molecule is CCc1c(N2CCN(C(=O)c3c(OC)ccc4ncoc34)CC2CC)c(=O)c2nc(N(C)C)sc2n1CC(=O)NC1=C=C(C(F)(F)F)C1.[HH]. The van der Waals surface area contributed by atoms with Crippen LogP contribution in [0.3, 0.4) is 0 Å². The number of carbonyl (C=O) groups excluding carboxylic acids is 2. The minimum absolute atomic E-state index is 0. The van der Waals surface area contributed by atoms with Gasteiger partial charge in [-0.3, -0.25) is 14.4 Å². The van der Waals surface area contributed by atoms with E-state index in [0.717, 1.165) is 0 Å². The number of ether oxygens (including phenoxy) is 1. The van der Waals surface area contributed by atoms with E-state index in [1.807, 2.05) is 18.7 Å². The normalized spacial score (nSPS) is 16.5. The summed E-state index contributed by atoms with van der Waals surface area (Å²) in [5.41, 5.74) is 3.46. The Morgan fingerprint density at radius 2 is 2.00 bits per heavy atom. The van der Waals surface area contributed by atoms with Crippen LogP contribution in [-0.2, 0) is 17.8 Å². The van der Waals surface area contributed by atoms with Crippen LogP contribution in [0.15, 0.2) is 44.7 Å². The van der Waals surface area contributed by atoms with Gasteiger partial charge in [0.25, 0.3) is 5.91 Å². The van der Waals surface area contributed by atoms with Crippen LogP contribution in [-0.4, -0.2) is 84.3 Å². The summed E-state index contributed by atoms with van der Waals surface area (Å²) in [6.07, 6.45) is -2.67. The third-order valence-corrected chi connectivity index (χ3v) is 9.85. The minimum atomic E-state index is -4.49. The lowest BCUT2D eigenvalue weighted by Crippen LogP contribution is -2.56. The number of pyridine rings is 1. The Kier molecular flexibility index (Phi) is 8.73. The van der Waals surface area contributed by atoms with Gasteiger partial charge in [-0.05, 0) is 25.0 Å². The lowest BCUT2D eigenvalue weighted by molar-refractivity contribution is -0.121. The number of fused-ring (bicyclic) bond motifs is 2. The van der Waals surface area contributed by atoms with Crippen molar-refractivity contribution in [2.45, 2.75) is 51.9 Å². The number of piperazine rings is 1. The van der Waals surface area contributed by atoms with E-state index in [1.165, 1.54) is 24.8 Å².